The van der Waals surface area contributed by atoms with Crippen LogP contribution in [0.3, 0.4) is 0 Å². The van der Waals surface area contributed by atoms with Gasteiger partial charge in [-0.15, -0.1) is 11.8 Å². The number of pyridine rings is 1. The van der Waals surface area contributed by atoms with E-state index >= 15 is 0 Å². The number of nitrogens with zero attached hydrogens (tertiary/aromatic N) is 1. The monoisotopic (exact) mass is 298 g/mol. The van der Waals surface area contributed by atoms with Gasteiger partial charge in [-0.3, -0.25) is 0 Å². The van der Waals surface area contributed by atoms with Gasteiger partial charge in [-0.1, -0.05) is 0 Å². The molecular formula is C12H14N2O3S2. The molecule has 2 aromatic rings. The molecule has 0 atom stereocenters. The van der Waals surface area contributed by atoms with E-state index in [1.165, 1.54) is 11.8 Å². The normalized spacial score (nSPS) is 11.7. The molecule has 0 bridgehead atoms. The molecule has 0 aliphatic rings. The van der Waals surface area contributed by atoms with Crippen LogP contribution in [0.5, 0.6) is 5.75 Å². The Labute approximate surface area is 116 Å². The van der Waals surface area contributed by atoms with Gasteiger partial charge in [0.25, 0.3) is 0 Å². The number of ether oxygens (including phenoxy) is 1. The van der Waals surface area contributed by atoms with E-state index in [4.69, 9.17) is 9.88 Å². The standard InChI is InChI=1S/C12H14N2O3S2/c1-17-10-2-3-11-9(8-10)4-5-14-12(11)18-6-7-19(13,15)16/h2-5,8H,6-7H2,1H3,(H2,13,15,16). The number of sulfonamides is 1. The molecule has 0 fully saturated rings. The van der Waals surface area contributed by atoms with Gasteiger partial charge in [0.15, 0.2) is 0 Å². The molecule has 1 aromatic carbocycles. The maximum absolute atomic E-state index is 10.9. The topological polar surface area (TPSA) is 82.3 Å². The highest BCUT2D eigenvalue weighted by molar-refractivity contribution is 8.00. The first kappa shape index (κ1) is 14.1. The van der Waals surface area contributed by atoms with Gasteiger partial charge in [-0.2, -0.15) is 0 Å². The van der Waals surface area contributed by atoms with Crippen LogP contribution in [0.25, 0.3) is 10.8 Å². The van der Waals surface area contributed by atoms with E-state index in [2.05, 4.69) is 4.98 Å². The van der Waals surface area contributed by atoms with E-state index in [-0.39, 0.29) is 5.75 Å². The average Bonchev–Trinajstić information content (AvgIpc) is 2.37. The number of thioether (sulfide) groups is 1. The molecular weight excluding hydrogens is 284 g/mol. The summed E-state index contributed by atoms with van der Waals surface area (Å²) in [6.07, 6.45) is 1.70. The summed E-state index contributed by atoms with van der Waals surface area (Å²) in [7, 11) is -1.81. The van der Waals surface area contributed by atoms with Crippen molar-refractivity contribution in [2.45, 2.75) is 5.03 Å². The lowest BCUT2D eigenvalue weighted by Crippen LogP contribution is -2.17. The lowest BCUT2D eigenvalue weighted by Gasteiger charge is -2.06. The molecule has 0 saturated carbocycles. The van der Waals surface area contributed by atoms with Crippen LogP contribution in [0, 0.1) is 0 Å². The first-order valence-electron chi connectivity index (χ1n) is 5.55. The molecule has 1 aromatic heterocycles. The summed E-state index contributed by atoms with van der Waals surface area (Å²) >= 11 is 1.38. The lowest BCUT2D eigenvalue weighted by atomic mass is 10.2. The first-order valence-corrected chi connectivity index (χ1v) is 8.26. The molecule has 0 spiro atoms. The van der Waals surface area contributed by atoms with Gasteiger partial charge >= 0.3 is 0 Å². The second kappa shape index (κ2) is 5.77. The third-order valence-corrected chi connectivity index (χ3v) is 4.58. The Morgan fingerprint density at radius 1 is 1.37 bits per heavy atom. The molecule has 19 heavy (non-hydrogen) atoms. The molecule has 0 radical (unpaired) electrons. The molecule has 2 N–H and O–H groups in total. The first-order chi connectivity index (χ1) is 8.99. The number of hydrogen-bond acceptors (Lipinski definition) is 5. The number of aromatic nitrogens is 1. The van der Waals surface area contributed by atoms with Gasteiger partial charge in [0.2, 0.25) is 10.0 Å². The highest BCUT2D eigenvalue weighted by Gasteiger charge is 2.07. The maximum Gasteiger partial charge on any atom is 0.209 e. The Hall–Kier alpha value is -1.31. The Morgan fingerprint density at radius 2 is 2.16 bits per heavy atom. The fraction of sp³-hybridized carbons (Fsp3) is 0.250. The highest BCUT2D eigenvalue weighted by Crippen LogP contribution is 2.28. The minimum atomic E-state index is -3.43. The molecule has 1 heterocycles. The number of fused-ring (bicyclic) bond motifs is 1. The quantitative estimate of drug-likeness (QED) is 0.848. The Morgan fingerprint density at radius 3 is 2.84 bits per heavy atom. The number of primary sulfonamides is 1. The van der Waals surface area contributed by atoms with Gasteiger partial charge < -0.3 is 4.74 Å². The Bertz CT molecular complexity index is 686. The molecule has 7 heteroatoms. The summed E-state index contributed by atoms with van der Waals surface area (Å²) in [5.74, 6) is 1.10. The van der Waals surface area contributed by atoms with Crippen molar-refractivity contribution in [2.75, 3.05) is 18.6 Å². The van der Waals surface area contributed by atoms with Crippen molar-refractivity contribution in [1.82, 2.24) is 4.98 Å². The number of methoxy groups -OCH3 is 1. The number of hydrogen-bond donors (Lipinski definition) is 1. The second-order valence-electron chi connectivity index (χ2n) is 3.92. The highest BCUT2D eigenvalue weighted by atomic mass is 32.2. The van der Waals surface area contributed by atoms with Crippen LogP contribution >= 0.6 is 11.8 Å². The molecule has 0 aliphatic carbocycles. The largest absolute Gasteiger partial charge is 0.497 e. The smallest absolute Gasteiger partial charge is 0.209 e. The second-order valence-corrected chi connectivity index (χ2v) is 6.74. The molecule has 0 unspecified atom stereocenters. The minimum Gasteiger partial charge on any atom is -0.497 e. The SMILES string of the molecule is COc1ccc2c(SCCS(N)(=O)=O)nccc2c1. The summed E-state index contributed by atoms with van der Waals surface area (Å²) in [6.45, 7) is 0. The summed E-state index contributed by atoms with van der Waals surface area (Å²) in [5.41, 5.74) is 0. The van der Waals surface area contributed by atoms with Crippen molar-refractivity contribution in [1.29, 1.82) is 0 Å². The van der Waals surface area contributed by atoms with Crippen LogP contribution in [0.1, 0.15) is 0 Å². The van der Waals surface area contributed by atoms with E-state index in [0.717, 1.165) is 21.5 Å². The van der Waals surface area contributed by atoms with Gasteiger partial charge in [0.05, 0.1) is 12.9 Å². The van der Waals surface area contributed by atoms with E-state index in [1.807, 2.05) is 24.3 Å². The van der Waals surface area contributed by atoms with Gasteiger partial charge in [-0.25, -0.2) is 18.5 Å². The molecule has 5 nitrogen and oxygen atoms in total. The average molecular weight is 298 g/mol. The summed E-state index contributed by atoms with van der Waals surface area (Å²) in [4.78, 5) is 4.27. The summed E-state index contributed by atoms with van der Waals surface area (Å²) in [6, 6.07) is 7.58. The molecule has 0 amide bonds. The van der Waals surface area contributed by atoms with Crippen molar-refractivity contribution in [3.63, 3.8) is 0 Å². The van der Waals surface area contributed by atoms with Crippen LogP contribution < -0.4 is 9.88 Å². The predicted octanol–water partition coefficient (Wildman–Crippen LogP) is 1.62. The molecule has 0 saturated heterocycles. The minimum absolute atomic E-state index is 0.0636. The van der Waals surface area contributed by atoms with Crippen molar-refractivity contribution >= 4 is 32.6 Å². The zero-order valence-electron chi connectivity index (χ0n) is 10.4. The summed E-state index contributed by atoms with van der Waals surface area (Å²) < 4.78 is 27.0. The van der Waals surface area contributed by atoms with Crippen LogP contribution in [-0.4, -0.2) is 32.0 Å². The third kappa shape index (κ3) is 3.82. The van der Waals surface area contributed by atoms with Crippen molar-refractivity contribution < 1.29 is 13.2 Å². The maximum atomic E-state index is 10.9. The van der Waals surface area contributed by atoms with E-state index < -0.39 is 10.0 Å². The van der Waals surface area contributed by atoms with Crippen molar-refractivity contribution in [3.05, 3.63) is 30.5 Å². The van der Waals surface area contributed by atoms with E-state index in [9.17, 15) is 8.42 Å². The number of nitrogens with two attached hydrogens (primary N) is 1. The fourth-order valence-electron chi connectivity index (χ4n) is 1.62. The third-order valence-electron chi connectivity index (χ3n) is 2.54. The van der Waals surface area contributed by atoms with Crippen LogP contribution in [0.4, 0.5) is 0 Å². The van der Waals surface area contributed by atoms with Gasteiger partial charge in [0.1, 0.15) is 10.8 Å². The van der Waals surface area contributed by atoms with E-state index in [0.29, 0.717) is 5.75 Å². The van der Waals surface area contributed by atoms with Crippen LogP contribution in [-0.2, 0) is 10.0 Å². The van der Waals surface area contributed by atoms with Gasteiger partial charge in [0, 0.05) is 17.3 Å². The lowest BCUT2D eigenvalue weighted by molar-refractivity contribution is 0.415. The van der Waals surface area contributed by atoms with Crippen LogP contribution in [0.2, 0.25) is 0 Å². The van der Waals surface area contributed by atoms with Crippen LogP contribution in [0.15, 0.2) is 35.5 Å². The predicted molar refractivity (Wildman–Crippen MR) is 77.0 cm³/mol. The van der Waals surface area contributed by atoms with Crippen molar-refractivity contribution in [2.24, 2.45) is 5.14 Å². The zero-order valence-corrected chi connectivity index (χ0v) is 12.0. The Kier molecular flexibility index (Phi) is 4.28. The molecule has 102 valence electrons. The van der Waals surface area contributed by atoms with Gasteiger partial charge in [-0.05, 0) is 29.7 Å². The summed E-state index contributed by atoms with van der Waals surface area (Å²) in [5, 5.41) is 7.75. The molecule has 0 aliphatic heterocycles. The van der Waals surface area contributed by atoms with Crippen molar-refractivity contribution in [3.8, 4) is 5.75 Å². The molecule has 2 rings (SSSR count). The fourth-order valence-corrected chi connectivity index (χ4v) is 3.56. The zero-order chi connectivity index (χ0) is 13.9. The number of rotatable bonds is 5. The van der Waals surface area contributed by atoms with E-state index in [1.54, 1.807) is 13.3 Å². The number of benzene rings is 1. The Balaban J connectivity index is 2.24.